The van der Waals surface area contributed by atoms with Crippen LogP contribution in [0.4, 0.5) is 5.69 Å². The van der Waals surface area contributed by atoms with Crippen molar-refractivity contribution >= 4 is 17.4 Å². The number of phenols is 4. The maximum Gasteiger partial charge on any atom is 0.284 e. The number of benzene rings is 2. The van der Waals surface area contributed by atoms with Crippen molar-refractivity contribution in [2.75, 3.05) is 5.32 Å². The van der Waals surface area contributed by atoms with Gasteiger partial charge in [-0.2, -0.15) is 0 Å². The lowest BCUT2D eigenvalue weighted by Gasteiger charge is -2.22. The summed E-state index contributed by atoms with van der Waals surface area (Å²) in [4.78, 5) is 24.4. The molecule has 7 N–H and O–H groups in total. The Labute approximate surface area is 220 Å². The predicted octanol–water partition coefficient (Wildman–Crippen LogP) is 3.40. The van der Waals surface area contributed by atoms with E-state index in [1.54, 1.807) is 24.3 Å². The third-order valence-corrected chi connectivity index (χ3v) is 5.97. The largest absolute Gasteiger partial charge is 0.504 e. The number of amides is 1. The molecule has 0 aliphatic heterocycles. The quantitative estimate of drug-likeness (QED) is 0.0776. The minimum atomic E-state index is -2.66. The first-order valence-electron chi connectivity index (χ1n) is 12.2. The number of phenolic OH excluding ortho intramolecular Hbond substituents is 4. The van der Waals surface area contributed by atoms with Crippen LogP contribution in [0.25, 0.3) is 0 Å². The molecule has 3 rings (SSSR count). The number of hydrogen-bond acceptors (Lipinski definition) is 8. The van der Waals surface area contributed by atoms with Crippen LogP contribution in [-0.4, -0.2) is 48.1 Å². The summed E-state index contributed by atoms with van der Waals surface area (Å²) in [6, 6.07) is 7.93. The highest BCUT2D eigenvalue weighted by atomic mass is 16.5. The highest BCUT2D eigenvalue weighted by molar-refractivity contribution is 5.96. The van der Waals surface area contributed by atoms with E-state index in [2.05, 4.69) is 17.2 Å². The fourth-order valence-electron chi connectivity index (χ4n) is 3.90. The molecular formula is C29H31NO8. The second kappa shape index (κ2) is 12.8. The Bertz CT molecular complexity index is 1300. The molecule has 0 saturated heterocycles. The van der Waals surface area contributed by atoms with Crippen molar-refractivity contribution in [3.05, 3.63) is 65.8 Å². The van der Waals surface area contributed by atoms with Crippen LogP contribution in [0.2, 0.25) is 0 Å². The van der Waals surface area contributed by atoms with E-state index in [1.165, 1.54) is 24.3 Å². The second-order valence-electron chi connectivity index (χ2n) is 9.22. The molecule has 0 heterocycles. The van der Waals surface area contributed by atoms with Crippen molar-refractivity contribution in [1.82, 2.24) is 0 Å². The standard InChI is InChI=1S/C29H31NO8/c31-23(15-20-10-12-24(32)26(34)16-20)7-5-3-1-2-4-6-19-8-9-21(14-19)18-29(37,38)28(36)30-22-11-13-25(33)27(35)17-22/h8-14,16-17,21,32-35,37-38H,1-3,5,7,15,18H2,(H,30,36). The number of hydrogen-bond donors (Lipinski definition) is 7. The molecule has 0 fully saturated rings. The van der Waals surface area contributed by atoms with Gasteiger partial charge < -0.3 is 36.0 Å². The van der Waals surface area contributed by atoms with Crippen molar-refractivity contribution in [2.45, 2.75) is 50.7 Å². The smallest absolute Gasteiger partial charge is 0.284 e. The van der Waals surface area contributed by atoms with Gasteiger partial charge in [0.25, 0.3) is 5.91 Å². The number of aliphatic hydroxyl groups is 2. The average molecular weight is 522 g/mol. The Morgan fingerprint density at radius 3 is 2.32 bits per heavy atom. The summed E-state index contributed by atoms with van der Waals surface area (Å²) in [6.45, 7) is 0. The zero-order valence-electron chi connectivity index (χ0n) is 20.7. The molecule has 1 aliphatic carbocycles. The summed E-state index contributed by atoms with van der Waals surface area (Å²) >= 11 is 0. The van der Waals surface area contributed by atoms with Crippen LogP contribution in [-0.2, 0) is 16.0 Å². The summed E-state index contributed by atoms with van der Waals surface area (Å²) in [6.07, 6.45) is 8.60. The van der Waals surface area contributed by atoms with Gasteiger partial charge in [-0.15, -0.1) is 0 Å². The lowest BCUT2D eigenvalue weighted by atomic mass is 9.99. The normalized spacial score (nSPS) is 14.5. The SMILES string of the molecule is O=C(CCCCCC#CC1=CC(CC(O)(O)C(=O)Nc2ccc(O)c(O)c2)C=C1)Cc1ccc(O)c(O)c1. The van der Waals surface area contributed by atoms with Gasteiger partial charge in [0.1, 0.15) is 5.78 Å². The minimum Gasteiger partial charge on any atom is -0.504 e. The Balaban J connectivity index is 1.36. The Hall–Kier alpha value is -4.26. The minimum absolute atomic E-state index is 0.0622. The van der Waals surface area contributed by atoms with Crippen LogP contribution < -0.4 is 5.32 Å². The molecule has 0 radical (unpaired) electrons. The van der Waals surface area contributed by atoms with Gasteiger partial charge in [0.15, 0.2) is 23.0 Å². The van der Waals surface area contributed by atoms with Crippen molar-refractivity contribution in [3.63, 3.8) is 0 Å². The number of rotatable bonds is 11. The number of anilines is 1. The summed E-state index contributed by atoms with van der Waals surface area (Å²) in [7, 11) is 0. The molecule has 1 unspecified atom stereocenters. The van der Waals surface area contributed by atoms with E-state index in [0.717, 1.165) is 25.3 Å². The zero-order valence-corrected chi connectivity index (χ0v) is 20.7. The van der Waals surface area contributed by atoms with Crippen LogP contribution in [0.5, 0.6) is 23.0 Å². The fraction of sp³-hybridized carbons (Fsp3) is 0.310. The number of unbranched alkanes of at least 4 members (excludes halogenated alkanes) is 3. The summed E-state index contributed by atoms with van der Waals surface area (Å²) < 4.78 is 0. The van der Waals surface area contributed by atoms with Gasteiger partial charge in [0.2, 0.25) is 5.79 Å². The summed E-state index contributed by atoms with van der Waals surface area (Å²) in [5.74, 6) is 0.737. The van der Waals surface area contributed by atoms with Crippen molar-refractivity contribution < 1.29 is 40.2 Å². The van der Waals surface area contributed by atoms with Gasteiger partial charge in [-0.25, -0.2) is 0 Å². The number of nitrogens with one attached hydrogen (secondary N) is 1. The first kappa shape index (κ1) is 28.3. The molecule has 0 bridgehead atoms. The Morgan fingerprint density at radius 2 is 1.61 bits per heavy atom. The van der Waals surface area contributed by atoms with Gasteiger partial charge in [-0.1, -0.05) is 42.6 Å². The number of Topliss-reactive ketones (excluding diaryl/α,β-unsaturated/α-hetero) is 1. The average Bonchev–Trinajstić information content (AvgIpc) is 3.29. The molecule has 9 heteroatoms. The summed E-state index contributed by atoms with van der Waals surface area (Å²) in [5.41, 5.74) is 1.47. The van der Waals surface area contributed by atoms with Crippen LogP contribution in [0.1, 0.15) is 44.1 Å². The molecule has 0 saturated carbocycles. The molecule has 9 nitrogen and oxygen atoms in total. The molecule has 0 spiro atoms. The lowest BCUT2D eigenvalue weighted by molar-refractivity contribution is -0.183. The van der Waals surface area contributed by atoms with Crippen molar-refractivity contribution in [1.29, 1.82) is 0 Å². The third-order valence-electron chi connectivity index (χ3n) is 5.97. The van der Waals surface area contributed by atoms with Crippen LogP contribution >= 0.6 is 0 Å². The van der Waals surface area contributed by atoms with E-state index in [-0.39, 0.29) is 41.6 Å². The molecule has 200 valence electrons. The molecule has 0 aromatic heterocycles. The van der Waals surface area contributed by atoms with Gasteiger partial charge in [-0.05, 0) is 42.7 Å². The number of aromatic hydroxyl groups is 4. The van der Waals surface area contributed by atoms with Crippen molar-refractivity contribution in [3.8, 4) is 34.8 Å². The fourth-order valence-corrected chi connectivity index (χ4v) is 3.90. The second-order valence-corrected chi connectivity index (χ2v) is 9.22. The number of ketones is 1. The van der Waals surface area contributed by atoms with Crippen LogP contribution in [0, 0.1) is 17.8 Å². The summed E-state index contributed by atoms with van der Waals surface area (Å²) in [5, 5.41) is 60.5. The highest BCUT2D eigenvalue weighted by Crippen LogP contribution is 2.29. The van der Waals surface area contributed by atoms with E-state index in [9.17, 15) is 40.2 Å². The monoisotopic (exact) mass is 521 g/mol. The predicted molar refractivity (Wildman–Crippen MR) is 140 cm³/mol. The van der Waals surface area contributed by atoms with E-state index in [0.29, 0.717) is 24.0 Å². The number of allylic oxidation sites excluding steroid dienone is 4. The van der Waals surface area contributed by atoms with E-state index in [1.807, 2.05) is 0 Å². The molecule has 1 aliphatic rings. The van der Waals surface area contributed by atoms with Crippen molar-refractivity contribution in [2.24, 2.45) is 5.92 Å². The Morgan fingerprint density at radius 1 is 0.895 bits per heavy atom. The van der Waals surface area contributed by atoms with Crippen LogP contribution in [0.3, 0.4) is 0 Å². The van der Waals surface area contributed by atoms with Crippen LogP contribution in [0.15, 0.2) is 60.2 Å². The van der Waals surface area contributed by atoms with Gasteiger partial charge >= 0.3 is 0 Å². The molecule has 38 heavy (non-hydrogen) atoms. The van der Waals surface area contributed by atoms with E-state index < -0.39 is 23.4 Å². The Kier molecular flexibility index (Phi) is 9.55. The first-order valence-corrected chi connectivity index (χ1v) is 12.2. The highest BCUT2D eigenvalue weighted by Gasteiger charge is 2.35. The topological polar surface area (TPSA) is 168 Å². The van der Waals surface area contributed by atoms with E-state index in [4.69, 9.17) is 0 Å². The number of carbonyl (C=O) groups excluding carboxylic acids is 2. The van der Waals surface area contributed by atoms with Gasteiger partial charge in [0.05, 0.1) is 0 Å². The molecule has 1 atom stereocenters. The van der Waals surface area contributed by atoms with Gasteiger partial charge in [-0.3, -0.25) is 9.59 Å². The van der Waals surface area contributed by atoms with Gasteiger partial charge in [0, 0.05) is 48.9 Å². The number of carbonyl (C=O) groups is 2. The third kappa shape index (κ3) is 8.40. The maximum atomic E-state index is 12.3. The molecule has 2 aromatic carbocycles. The molecule has 2 aromatic rings. The maximum absolute atomic E-state index is 12.3. The molecule has 1 amide bonds. The first-order chi connectivity index (χ1) is 18.0. The van der Waals surface area contributed by atoms with E-state index >= 15 is 0 Å². The zero-order chi connectivity index (χ0) is 27.7. The lowest BCUT2D eigenvalue weighted by Crippen LogP contribution is -2.44. The molecular weight excluding hydrogens is 490 g/mol.